The Labute approximate surface area is 198 Å². The molecule has 180 valence electrons. The number of urea groups is 1. The van der Waals surface area contributed by atoms with Gasteiger partial charge >= 0.3 is 6.03 Å². The Balaban J connectivity index is 1.31. The molecule has 0 radical (unpaired) electrons. The van der Waals surface area contributed by atoms with Gasteiger partial charge in [-0.15, -0.1) is 0 Å². The maximum absolute atomic E-state index is 12.2. The van der Waals surface area contributed by atoms with Crippen LogP contribution in [0, 0.1) is 0 Å². The van der Waals surface area contributed by atoms with Crippen molar-refractivity contribution in [1.82, 2.24) is 15.2 Å². The van der Waals surface area contributed by atoms with Crippen molar-refractivity contribution in [2.24, 2.45) is 0 Å². The predicted molar refractivity (Wildman–Crippen MR) is 129 cm³/mol. The Morgan fingerprint density at radius 1 is 1.06 bits per heavy atom. The zero-order chi connectivity index (χ0) is 23.8. The molecule has 9 heteroatoms. The molecule has 1 aromatic heterocycles. The Morgan fingerprint density at radius 3 is 2.53 bits per heavy atom. The van der Waals surface area contributed by atoms with Crippen LogP contribution in [-0.2, 0) is 18.0 Å². The Hall–Kier alpha value is -3.24. The molecule has 0 bridgehead atoms. The van der Waals surface area contributed by atoms with E-state index in [1.54, 1.807) is 48.7 Å². The van der Waals surface area contributed by atoms with E-state index in [1.807, 2.05) is 0 Å². The van der Waals surface area contributed by atoms with E-state index in [0.717, 1.165) is 44.7 Å². The fourth-order valence-electron chi connectivity index (χ4n) is 3.88. The number of hydrogen-bond acceptors (Lipinski definition) is 7. The third kappa shape index (κ3) is 6.21. The molecule has 0 spiro atoms. The van der Waals surface area contributed by atoms with Crippen LogP contribution in [0.4, 0.5) is 10.5 Å². The van der Waals surface area contributed by atoms with Gasteiger partial charge < -0.3 is 30.3 Å². The molecule has 1 saturated heterocycles. The third-order valence-electron chi connectivity index (χ3n) is 5.74. The molecule has 2 heterocycles. The quantitative estimate of drug-likeness (QED) is 0.358. The van der Waals surface area contributed by atoms with E-state index in [4.69, 9.17) is 9.47 Å². The summed E-state index contributed by atoms with van der Waals surface area (Å²) < 4.78 is 11.4. The molecule has 2 aromatic carbocycles. The lowest BCUT2D eigenvalue weighted by molar-refractivity contribution is 0.0375. The summed E-state index contributed by atoms with van der Waals surface area (Å²) in [7, 11) is 0. The fraction of sp³-hybridized carbons (Fsp3) is 0.360. The summed E-state index contributed by atoms with van der Waals surface area (Å²) in [4.78, 5) is 18.8. The monoisotopic (exact) mass is 466 g/mol. The minimum atomic E-state index is -0.244. The summed E-state index contributed by atoms with van der Waals surface area (Å²) in [6, 6.07) is 12.1. The zero-order valence-electron chi connectivity index (χ0n) is 19.0. The van der Waals surface area contributed by atoms with Crippen LogP contribution < -0.4 is 15.4 Å². The standard InChI is InChI=1S/C25H30N4O5/c30-16-18-14-22-23(15-19(18)17-31)26-8-6-24(22)34-21-4-2-20(3-5-21)28-25(32)27-7-1-9-29-10-12-33-13-11-29/h2-6,8,14-15,30-31H,1,7,9-13,16-17H2,(H2,27,28,32). The lowest BCUT2D eigenvalue weighted by Gasteiger charge is -2.26. The number of pyridine rings is 1. The summed E-state index contributed by atoms with van der Waals surface area (Å²) in [5.41, 5.74) is 2.59. The lowest BCUT2D eigenvalue weighted by Crippen LogP contribution is -2.38. The van der Waals surface area contributed by atoms with E-state index in [2.05, 4.69) is 20.5 Å². The molecule has 34 heavy (non-hydrogen) atoms. The number of amides is 2. The van der Waals surface area contributed by atoms with Crippen LogP contribution in [0.25, 0.3) is 10.9 Å². The number of morpholine rings is 1. The molecule has 4 N–H and O–H groups in total. The van der Waals surface area contributed by atoms with Gasteiger partial charge in [-0.2, -0.15) is 0 Å². The molecule has 9 nitrogen and oxygen atoms in total. The van der Waals surface area contributed by atoms with Gasteiger partial charge in [-0.05, 0) is 66.6 Å². The summed E-state index contributed by atoms with van der Waals surface area (Å²) >= 11 is 0. The van der Waals surface area contributed by atoms with Crippen LogP contribution in [0.2, 0.25) is 0 Å². The van der Waals surface area contributed by atoms with E-state index < -0.39 is 0 Å². The van der Waals surface area contributed by atoms with E-state index in [0.29, 0.717) is 40.4 Å². The zero-order valence-corrected chi connectivity index (χ0v) is 19.0. The number of nitrogens with zero attached hydrogens (tertiary/aromatic N) is 2. The second kappa shape index (κ2) is 11.8. The summed E-state index contributed by atoms with van der Waals surface area (Å²) in [6.07, 6.45) is 2.52. The minimum absolute atomic E-state index is 0.172. The van der Waals surface area contributed by atoms with Gasteiger partial charge in [-0.25, -0.2) is 4.79 Å². The molecule has 2 amide bonds. The van der Waals surface area contributed by atoms with Crippen molar-refractivity contribution in [3.63, 3.8) is 0 Å². The molecule has 0 atom stereocenters. The summed E-state index contributed by atoms with van der Waals surface area (Å²) in [5, 5.41) is 25.6. The molecular formula is C25H30N4O5. The minimum Gasteiger partial charge on any atom is -0.457 e. The number of rotatable bonds is 9. The van der Waals surface area contributed by atoms with Crippen LogP contribution in [0.3, 0.4) is 0 Å². The van der Waals surface area contributed by atoms with Crippen molar-refractivity contribution in [1.29, 1.82) is 0 Å². The number of aliphatic hydroxyl groups excluding tert-OH is 2. The van der Waals surface area contributed by atoms with Gasteiger partial charge in [0.2, 0.25) is 0 Å². The van der Waals surface area contributed by atoms with Gasteiger partial charge in [0.25, 0.3) is 0 Å². The first-order chi connectivity index (χ1) is 16.7. The van der Waals surface area contributed by atoms with Crippen molar-refractivity contribution < 1.29 is 24.5 Å². The molecular weight excluding hydrogens is 436 g/mol. The van der Waals surface area contributed by atoms with E-state index in [-0.39, 0.29) is 19.2 Å². The van der Waals surface area contributed by atoms with Crippen molar-refractivity contribution in [3.8, 4) is 11.5 Å². The average molecular weight is 467 g/mol. The first-order valence-corrected chi connectivity index (χ1v) is 11.4. The molecule has 0 aliphatic carbocycles. The van der Waals surface area contributed by atoms with E-state index in [9.17, 15) is 15.0 Å². The predicted octanol–water partition coefficient (Wildman–Crippen LogP) is 2.86. The second-order valence-corrected chi connectivity index (χ2v) is 8.08. The lowest BCUT2D eigenvalue weighted by atomic mass is 10.0. The first kappa shape index (κ1) is 23.9. The molecule has 1 fully saturated rings. The highest BCUT2D eigenvalue weighted by atomic mass is 16.5. The van der Waals surface area contributed by atoms with Crippen LogP contribution >= 0.6 is 0 Å². The van der Waals surface area contributed by atoms with E-state index >= 15 is 0 Å². The van der Waals surface area contributed by atoms with Crippen LogP contribution in [0.5, 0.6) is 11.5 Å². The van der Waals surface area contributed by atoms with Crippen molar-refractivity contribution in [2.45, 2.75) is 19.6 Å². The smallest absolute Gasteiger partial charge is 0.319 e. The van der Waals surface area contributed by atoms with Gasteiger partial charge in [0, 0.05) is 36.9 Å². The number of anilines is 1. The summed E-state index contributed by atoms with van der Waals surface area (Å²) in [5.74, 6) is 1.18. The van der Waals surface area contributed by atoms with Crippen molar-refractivity contribution >= 4 is 22.6 Å². The number of aliphatic hydroxyl groups is 2. The van der Waals surface area contributed by atoms with Crippen LogP contribution in [0.15, 0.2) is 48.7 Å². The van der Waals surface area contributed by atoms with Gasteiger partial charge in [0.05, 0.1) is 31.9 Å². The molecule has 3 aromatic rings. The Kier molecular flexibility index (Phi) is 8.26. The number of fused-ring (bicyclic) bond motifs is 1. The maximum atomic E-state index is 12.2. The number of hydrogen-bond donors (Lipinski definition) is 4. The highest BCUT2D eigenvalue weighted by Crippen LogP contribution is 2.31. The maximum Gasteiger partial charge on any atom is 0.319 e. The van der Waals surface area contributed by atoms with Crippen molar-refractivity contribution in [3.05, 3.63) is 59.8 Å². The van der Waals surface area contributed by atoms with Gasteiger partial charge in [-0.1, -0.05) is 0 Å². The highest BCUT2D eigenvalue weighted by molar-refractivity contribution is 5.89. The Morgan fingerprint density at radius 2 is 1.79 bits per heavy atom. The SMILES string of the molecule is O=C(NCCCN1CCOCC1)Nc1ccc(Oc2ccnc3cc(CO)c(CO)cc23)cc1. The average Bonchev–Trinajstić information content (AvgIpc) is 2.88. The molecule has 1 aliphatic heterocycles. The molecule has 1 aliphatic rings. The number of carbonyl (C=O) groups is 1. The highest BCUT2D eigenvalue weighted by Gasteiger charge is 2.11. The van der Waals surface area contributed by atoms with Gasteiger partial charge in [0.15, 0.2) is 0 Å². The Bertz CT molecular complexity index is 1100. The number of ether oxygens (including phenoxy) is 2. The number of nitrogens with one attached hydrogen (secondary N) is 2. The normalized spacial score (nSPS) is 14.2. The first-order valence-electron chi connectivity index (χ1n) is 11.4. The van der Waals surface area contributed by atoms with E-state index in [1.165, 1.54) is 0 Å². The summed E-state index contributed by atoms with van der Waals surface area (Å²) in [6.45, 7) is 4.64. The topological polar surface area (TPSA) is 116 Å². The van der Waals surface area contributed by atoms with Crippen molar-refractivity contribution in [2.75, 3.05) is 44.7 Å². The number of carbonyl (C=O) groups excluding carboxylic acids is 1. The molecule has 0 saturated carbocycles. The molecule has 4 rings (SSSR count). The van der Waals surface area contributed by atoms with Gasteiger partial charge in [-0.3, -0.25) is 9.88 Å². The number of benzene rings is 2. The van der Waals surface area contributed by atoms with Gasteiger partial charge in [0.1, 0.15) is 11.5 Å². The third-order valence-corrected chi connectivity index (χ3v) is 5.74. The van der Waals surface area contributed by atoms with Crippen LogP contribution in [-0.4, -0.2) is 65.5 Å². The molecule has 0 unspecified atom stereocenters. The second-order valence-electron chi connectivity index (χ2n) is 8.08. The fourth-order valence-corrected chi connectivity index (χ4v) is 3.88. The number of aromatic nitrogens is 1. The van der Waals surface area contributed by atoms with Crippen LogP contribution in [0.1, 0.15) is 17.5 Å². The largest absolute Gasteiger partial charge is 0.457 e.